The molecule has 1 aliphatic rings. The molecule has 0 N–H and O–H groups in total. The Morgan fingerprint density at radius 2 is 2.15 bits per heavy atom. The van der Waals surface area contributed by atoms with Gasteiger partial charge < -0.3 is 0 Å². The van der Waals surface area contributed by atoms with E-state index < -0.39 is 10.0 Å². The molecule has 2 heterocycles. The third kappa shape index (κ3) is 2.56. The Morgan fingerprint density at radius 3 is 2.80 bits per heavy atom. The van der Waals surface area contributed by atoms with Crippen molar-refractivity contribution < 1.29 is 8.42 Å². The zero-order chi connectivity index (χ0) is 14.2. The first-order valence-corrected chi connectivity index (χ1v) is 7.97. The molecule has 0 bridgehead atoms. The zero-order valence-corrected chi connectivity index (χ0v) is 12.1. The highest BCUT2D eigenvalue weighted by atomic mass is 35.5. The van der Waals surface area contributed by atoms with Crippen LogP contribution in [-0.2, 0) is 16.6 Å². The molecule has 3 rings (SSSR count). The van der Waals surface area contributed by atoms with E-state index >= 15 is 0 Å². The third-order valence-electron chi connectivity index (χ3n) is 3.27. The molecule has 2 aromatic rings. The van der Waals surface area contributed by atoms with Crippen molar-refractivity contribution >= 4 is 21.6 Å². The molecule has 1 saturated heterocycles. The average molecular weight is 313 g/mol. The van der Waals surface area contributed by atoms with Gasteiger partial charge in [0, 0.05) is 36.8 Å². The largest absolute Gasteiger partial charge is 0.252 e. The molecule has 0 amide bonds. The van der Waals surface area contributed by atoms with E-state index in [-0.39, 0.29) is 10.8 Å². The lowest BCUT2D eigenvalue weighted by Crippen LogP contribution is -2.51. The number of hydrogen-bond donors (Lipinski definition) is 0. The molecule has 106 valence electrons. The van der Waals surface area contributed by atoms with Gasteiger partial charge in [0.2, 0.25) is 10.0 Å². The molecule has 0 aliphatic carbocycles. The Hall–Kier alpha value is -1.44. The maximum Gasteiger partial charge on any atom is 0.243 e. The minimum Gasteiger partial charge on any atom is -0.252 e. The smallest absolute Gasteiger partial charge is 0.243 e. The average Bonchev–Trinajstić information content (AvgIpc) is 2.86. The fourth-order valence-corrected chi connectivity index (χ4v) is 4.10. The van der Waals surface area contributed by atoms with Crippen LogP contribution >= 0.6 is 11.6 Å². The molecule has 8 heteroatoms. The van der Waals surface area contributed by atoms with E-state index in [0.29, 0.717) is 24.7 Å². The number of nitrogens with zero attached hydrogens (tertiary/aromatic N) is 4. The summed E-state index contributed by atoms with van der Waals surface area (Å²) in [6.45, 7) is 1.67. The summed E-state index contributed by atoms with van der Waals surface area (Å²) in [5.41, 5.74) is 0. The van der Waals surface area contributed by atoms with E-state index in [1.165, 1.54) is 10.4 Å². The predicted molar refractivity (Wildman–Crippen MR) is 73.7 cm³/mol. The molecule has 1 aromatic carbocycles. The summed E-state index contributed by atoms with van der Waals surface area (Å²) in [6.07, 6.45) is 3.38. The van der Waals surface area contributed by atoms with E-state index in [1.807, 2.05) is 0 Å². The van der Waals surface area contributed by atoms with Crippen LogP contribution in [0.1, 0.15) is 0 Å². The molecule has 0 spiro atoms. The van der Waals surface area contributed by atoms with Gasteiger partial charge in [0.05, 0.1) is 11.1 Å². The van der Waals surface area contributed by atoms with Gasteiger partial charge in [-0.1, -0.05) is 22.9 Å². The standard InChI is InChI=1S/C12H13ClN4O2S/c13-11-2-1-3-12(6-11)20(18,19)17-8-10(9-17)7-16-5-4-14-15-16/h1-6,10H,7-9H2. The van der Waals surface area contributed by atoms with Crippen LogP contribution in [0, 0.1) is 5.92 Å². The van der Waals surface area contributed by atoms with E-state index in [2.05, 4.69) is 10.3 Å². The fourth-order valence-electron chi connectivity index (χ4n) is 2.21. The Bertz CT molecular complexity index is 696. The lowest BCUT2D eigenvalue weighted by atomic mass is 10.0. The highest BCUT2D eigenvalue weighted by Gasteiger charge is 2.36. The molecule has 0 atom stereocenters. The van der Waals surface area contributed by atoms with Crippen molar-refractivity contribution in [3.8, 4) is 0 Å². The molecular weight excluding hydrogens is 300 g/mol. The van der Waals surface area contributed by atoms with Crippen molar-refractivity contribution in [3.63, 3.8) is 0 Å². The van der Waals surface area contributed by atoms with Crippen LogP contribution in [0.2, 0.25) is 5.02 Å². The number of hydrogen-bond acceptors (Lipinski definition) is 4. The molecule has 1 aromatic heterocycles. The Morgan fingerprint density at radius 1 is 1.35 bits per heavy atom. The van der Waals surface area contributed by atoms with E-state index in [4.69, 9.17) is 11.6 Å². The number of sulfonamides is 1. The second-order valence-electron chi connectivity index (χ2n) is 4.77. The molecule has 1 fully saturated rings. The predicted octanol–water partition coefficient (Wildman–Crippen LogP) is 1.25. The van der Waals surface area contributed by atoms with Gasteiger partial charge in [0.1, 0.15) is 0 Å². The number of rotatable bonds is 4. The Labute approximate surface area is 122 Å². The van der Waals surface area contributed by atoms with Crippen LogP contribution in [0.4, 0.5) is 0 Å². The summed E-state index contributed by atoms with van der Waals surface area (Å²) in [5.74, 6) is 0.269. The van der Waals surface area contributed by atoms with E-state index in [1.54, 1.807) is 35.3 Å². The molecule has 0 saturated carbocycles. The number of aromatic nitrogens is 3. The highest BCUT2D eigenvalue weighted by Crippen LogP contribution is 2.27. The fraction of sp³-hybridized carbons (Fsp3) is 0.333. The van der Waals surface area contributed by atoms with Crippen LogP contribution in [-0.4, -0.2) is 40.8 Å². The van der Waals surface area contributed by atoms with Gasteiger partial charge in [-0.3, -0.25) is 4.68 Å². The monoisotopic (exact) mass is 312 g/mol. The first-order valence-electron chi connectivity index (χ1n) is 6.15. The molecule has 6 nitrogen and oxygen atoms in total. The maximum absolute atomic E-state index is 12.3. The van der Waals surface area contributed by atoms with Crippen molar-refractivity contribution in [1.82, 2.24) is 19.3 Å². The topological polar surface area (TPSA) is 68.1 Å². The Kier molecular flexibility index (Phi) is 3.49. The van der Waals surface area contributed by atoms with Gasteiger partial charge in [-0.25, -0.2) is 8.42 Å². The van der Waals surface area contributed by atoms with Gasteiger partial charge in [-0.05, 0) is 18.2 Å². The number of halogens is 1. The SMILES string of the molecule is O=S(=O)(c1cccc(Cl)c1)N1CC(Cn2ccnn2)C1. The van der Waals surface area contributed by atoms with Gasteiger partial charge in [-0.15, -0.1) is 5.10 Å². The summed E-state index contributed by atoms with van der Waals surface area (Å²) in [5, 5.41) is 8.02. The van der Waals surface area contributed by atoms with Crippen molar-refractivity contribution in [2.75, 3.05) is 13.1 Å². The number of benzene rings is 1. The first kappa shape index (κ1) is 13.5. The summed E-state index contributed by atoms with van der Waals surface area (Å²) >= 11 is 5.84. The van der Waals surface area contributed by atoms with Crippen molar-refractivity contribution in [2.24, 2.45) is 5.92 Å². The quantitative estimate of drug-likeness (QED) is 0.852. The van der Waals surface area contributed by atoms with Gasteiger partial charge in [-0.2, -0.15) is 4.31 Å². The molecule has 0 unspecified atom stereocenters. The minimum absolute atomic E-state index is 0.240. The summed E-state index contributed by atoms with van der Waals surface area (Å²) < 4.78 is 27.9. The second kappa shape index (κ2) is 5.16. The highest BCUT2D eigenvalue weighted by molar-refractivity contribution is 7.89. The molecular formula is C12H13ClN4O2S. The van der Waals surface area contributed by atoms with Crippen LogP contribution < -0.4 is 0 Å². The van der Waals surface area contributed by atoms with Crippen LogP contribution in [0.25, 0.3) is 0 Å². The molecule has 1 aliphatic heterocycles. The maximum atomic E-state index is 12.3. The first-order chi connectivity index (χ1) is 9.55. The molecule has 20 heavy (non-hydrogen) atoms. The lowest BCUT2D eigenvalue weighted by Gasteiger charge is -2.37. The normalized spacial score (nSPS) is 17.1. The van der Waals surface area contributed by atoms with Crippen molar-refractivity contribution in [2.45, 2.75) is 11.4 Å². The summed E-state index contributed by atoms with van der Waals surface area (Å²) in [7, 11) is -3.43. The van der Waals surface area contributed by atoms with Crippen LogP contribution in [0.5, 0.6) is 0 Å². The van der Waals surface area contributed by atoms with Gasteiger partial charge in [0.15, 0.2) is 0 Å². The van der Waals surface area contributed by atoms with Gasteiger partial charge in [0.25, 0.3) is 0 Å². The van der Waals surface area contributed by atoms with E-state index in [9.17, 15) is 8.42 Å². The van der Waals surface area contributed by atoms with Crippen LogP contribution in [0.15, 0.2) is 41.6 Å². The third-order valence-corrected chi connectivity index (χ3v) is 5.34. The minimum atomic E-state index is -3.43. The van der Waals surface area contributed by atoms with E-state index in [0.717, 1.165) is 0 Å². The zero-order valence-electron chi connectivity index (χ0n) is 10.6. The summed E-state index contributed by atoms with van der Waals surface area (Å²) in [6, 6.07) is 6.33. The van der Waals surface area contributed by atoms with Crippen molar-refractivity contribution in [3.05, 3.63) is 41.7 Å². The Balaban J connectivity index is 1.67. The second-order valence-corrected chi connectivity index (χ2v) is 7.14. The summed E-state index contributed by atoms with van der Waals surface area (Å²) in [4.78, 5) is 0.240. The molecule has 0 radical (unpaired) electrons. The van der Waals surface area contributed by atoms with Crippen LogP contribution in [0.3, 0.4) is 0 Å². The lowest BCUT2D eigenvalue weighted by molar-refractivity contribution is 0.174. The van der Waals surface area contributed by atoms with Crippen molar-refractivity contribution in [1.29, 1.82) is 0 Å². The van der Waals surface area contributed by atoms with Gasteiger partial charge >= 0.3 is 0 Å².